The Labute approximate surface area is 124 Å². The summed E-state index contributed by atoms with van der Waals surface area (Å²) in [7, 11) is 0. The first-order chi connectivity index (χ1) is 10.1. The van der Waals surface area contributed by atoms with Crippen LogP contribution < -0.4 is 10.1 Å². The number of hydrogen-bond acceptors (Lipinski definition) is 3. The van der Waals surface area contributed by atoms with Gasteiger partial charge in [0.1, 0.15) is 5.75 Å². The van der Waals surface area contributed by atoms with Crippen molar-refractivity contribution < 1.29 is 14.2 Å². The molecule has 0 aliphatic rings. The maximum atomic E-state index is 13.3. The molecule has 4 heteroatoms. The summed E-state index contributed by atoms with van der Waals surface area (Å²) < 4.78 is 19.0. The van der Waals surface area contributed by atoms with Crippen LogP contribution in [-0.2, 0) is 6.54 Å². The van der Waals surface area contributed by atoms with Crippen molar-refractivity contribution in [2.45, 2.75) is 26.8 Å². The predicted octanol–water partition coefficient (Wildman–Crippen LogP) is 4.24. The van der Waals surface area contributed by atoms with Crippen molar-refractivity contribution in [3.05, 3.63) is 53.3 Å². The number of phenols is 1. The van der Waals surface area contributed by atoms with Gasteiger partial charge in [-0.1, -0.05) is 25.1 Å². The summed E-state index contributed by atoms with van der Waals surface area (Å²) >= 11 is 0. The molecule has 0 radical (unpaired) electrons. The number of phenolic OH excluding ortho intramolecular Hbond substituents is 1. The number of halogens is 1. The van der Waals surface area contributed by atoms with E-state index >= 15 is 0 Å². The van der Waals surface area contributed by atoms with Gasteiger partial charge in [0.2, 0.25) is 0 Å². The summed E-state index contributed by atoms with van der Waals surface area (Å²) in [5.74, 6) is -0.151. The zero-order valence-corrected chi connectivity index (χ0v) is 12.3. The highest BCUT2D eigenvalue weighted by Gasteiger charge is 2.08. The van der Waals surface area contributed by atoms with Gasteiger partial charge in [-0.05, 0) is 37.1 Å². The Morgan fingerprint density at radius 2 is 2.05 bits per heavy atom. The van der Waals surface area contributed by atoms with E-state index in [1.165, 1.54) is 6.07 Å². The highest BCUT2D eigenvalue weighted by molar-refractivity contribution is 5.58. The second-order valence-corrected chi connectivity index (χ2v) is 4.95. The van der Waals surface area contributed by atoms with Crippen molar-refractivity contribution in [3.63, 3.8) is 0 Å². The van der Waals surface area contributed by atoms with E-state index in [2.05, 4.69) is 5.32 Å². The quantitative estimate of drug-likeness (QED) is 0.835. The van der Waals surface area contributed by atoms with Crippen LogP contribution >= 0.6 is 0 Å². The second-order valence-electron chi connectivity index (χ2n) is 4.95. The Kier molecular flexibility index (Phi) is 5.04. The average Bonchev–Trinajstić information content (AvgIpc) is 2.48. The summed E-state index contributed by atoms with van der Waals surface area (Å²) in [4.78, 5) is 0. The minimum Gasteiger partial charge on any atom is -0.505 e. The van der Waals surface area contributed by atoms with Crippen LogP contribution in [0.25, 0.3) is 0 Å². The fourth-order valence-electron chi connectivity index (χ4n) is 2.00. The third-order valence-electron chi connectivity index (χ3n) is 3.14. The van der Waals surface area contributed by atoms with E-state index < -0.39 is 5.82 Å². The predicted molar refractivity (Wildman–Crippen MR) is 82.4 cm³/mol. The van der Waals surface area contributed by atoms with Crippen molar-refractivity contribution in [1.29, 1.82) is 0 Å². The van der Waals surface area contributed by atoms with E-state index in [0.717, 1.165) is 23.4 Å². The molecule has 2 rings (SSSR count). The lowest BCUT2D eigenvalue weighted by Crippen LogP contribution is -2.04. The van der Waals surface area contributed by atoms with Crippen molar-refractivity contribution in [3.8, 4) is 11.5 Å². The lowest BCUT2D eigenvalue weighted by Gasteiger charge is -2.14. The number of ether oxygens (including phenoxy) is 1. The van der Waals surface area contributed by atoms with Crippen LogP contribution in [-0.4, -0.2) is 11.7 Å². The molecule has 0 fully saturated rings. The molecule has 0 spiro atoms. The maximum Gasteiger partial charge on any atom is 0.165 e. The number of aromatic hydroxyl groups is 1. The lowest BCUT2D eigenvalue weighted by molar-refractivity contribution is 0.318. The van der Waals surface area contributed by atoms with E-state index in [1.54, 1.807) is 12.1 Å². The van der Waals surface area contributed by atoms with Gasteiger partial charge in [0, 0.05) is 12.1 Å². The van der Waals surface area contributed by atoms with Gasteiger partial charge in [-0.25, -0.2) is 4.39 Å². The number of anilines is 1. The largest absolute Gasteiger partial charge is 0.505 e. The number of aryl methyl sites for hydroxylation is 1. The van der Waals surface area contributed by atoms with Gasteiger partial charge < -0.3 is 15.2 Å². The molecule has 0 aliphatic carbocycles. The molecule has 0 saturated carbocycles. The maximum absolute atomic E-state index is 13.3. The molecule has 2 N–H and O–H groups in total. The standard InChI is InChI=1S/C17H20FNO2/c1-3-9-21-16-10-12(2)7-8-15(16)19-11-13-5-4-6-14(18)17(13)20/h4-8,10,19-20H,3,9,11H2,1-2H3. The Morgan fingerprint density at radius 3 is 2.81 bits per heavy atom. The molecule has 0 heterocycles. The van der Waals surface area contributed by atoms with Gasteiger partial charge >= 0.3 is 0 Å². The van der Waals surface area contributed by atoms with Gasteiger partial charge in [0.05, 0.1) is 12.3 Å². The summed E-state index contributed by atoms with van der Waals surface area (Å²) in [5.41, 5.74) is 2.45. The van der Waals surface area contributed by atoms with Crippen LogP contribution in [0.2, 0.25) is 0 Å². The normalized spacial score (nSPS) is 10.4. The monoisotopic (exact) mass is 289 g/mol. The van der Waals surface area contributed by atoms with E-state index in [-0.39, 0.29) is 5.75 Å². The van der Waals surface area contributed by atoms with Gasteiger partial charge in [0.15, 0.2) is 11.6 Å². The topological polar surface area (TPSA) is 41.5 Å². The molecule has 0 atom stereocenters. The first kappa shape index (κ1) is 15.2. The van der Waals surface area contributed by atoms with Crippen molar-refractivity contribution in [2.75, 3.05) is 11.9 Å². The first-order valence-electron chi connectivity index (χ1n) is 7.05. The molecule has 0 amide bonds. The molecule has 2 aromatic carbocycles. The third kappa shape index (κ3) is 3.88. The molecule has 0 aliphatic heterocycles. The molecule has 0 aromatic heterocycles. The Morgan fingerprint density at radius 1 is 1.24 bits per heavy atom. The fraction of sp³-hybridized carbons (Fsp3) is 0.294. The molecule has 0 saturated heterocycles. The number of hydrogen-bond donors (Lipinski definition) is 2. The summed E-state index contributed by atoms with van der Waals surface area (Å²) in [5, 5.41) is 12.9. The van der Waals surface area contributed by atoms with Crippen LogP contribution in [0.5, 0.6) is 11.5 Å². The SMILES string of the molecule is CCCOc1cc(C)ccc1NCc1cccc(F)c1O. The Hall–Kier alpha value is -2.23. The van der Waals surface area contributed by atoms with E-state index in [9.17, 15) is 9.50 Å². The number of rotatable bonds is 6. The average molecular weight is 289 g/mol. The highest BCUT2D eigenvalue weighted by Crippen LogP contribution is 2.28. The molecular formula is C17H20FNO2. The zero-order valence-electron chi connectivity index (χ0n) is 12.3. The number of benzene rings is 2. The van der Waals surface area contributed by atoms with Gasteiger partial charge in [0.25, 0.3) is 0 Å². The van der Waals surface area contributed by atoms with Gasteiger partial charge in [-0.3, -0.25) is 0 Å². The fourth-order valence-corrected chi connectivity index (χ4v) is 2.00. The molecular weight excluding hydrogens is 269 g/mol. The van der Waals surface area contributed by atoms with Crippen molar-refractivity contribution >= 4 is 5.69 Å². The molecule has 3 nitrogen and oxygen atoms in total. The molecule has 0 bridgehead atoms. The van der Waals surface area contributed by atoms with Crippen molar-refractivity contribution in [2.24, 2.45) is 0 Å². The van der Waals surface area contributed by atoms with E-state index in [0.29, 0.717) is 18.7 Å². The zero-order chi connectivity index (χ0) is 15.2. The second kappa shape index (κ2) is 6.97. The van der Waals surface area contributed by atoms with E-state index in [4.69, 9.17) is 4.74 Å². The van der Waals surface area contributed by atoms with Gasteiger partial charge in [-0.15, -0.1) is 0 Å². The molecule has 112 valence electrons. The highest BCUT2D eigenvalue weighted by atomic mass is 19.1. The lowest BCUT2D eigenvalue weighted by atomic mass is 10.1. The summed E-state index contributed by atoms with van der Waals surface area (Å²) in [6.07, 6.45) is 0.929. The van der Waals surface area contributed by atoms with Crippen LogP contribution in [0.4, 0.5) is 10.1 Å². The minimum atomic E-state index is -0.610. The van der Waals surface area contributed by atoms with E-state index in [1.807, 2.05) is 32.0 Å². The summed E-state index contributed by atoms with van der Waals surface area (Å²) in [6, 6.07) is 10.4. The number of nitrogens with one attached hydrogen (secondary N) is 1. The van der Waals surface area contributed by atoms with Crippen molar-refractivity contribution in [1.82, 2.24) is 0 Å². The van der Waals surface area contributed by atoms with Crippen LogP contribution in [0.15, 0.2) is 36.4 Å². The van der Waals surface area contributed by atoms with Gasteiger partial charge in [-0.2, -0.15) is 0 Å². The van der Waals surface area contributed by atoms with Crippen LogP contribution in [0.1, 0.15) is 24.5 Å². The molecule has 2 aromatic rings. The summed E-state index contributed by atoms with van der Waals surface area (Å²) in [6.45, 7) is 5.02. The Balaban J connectivity index is 2.14. The first-order valence-corrected chi connectivity index (χ1v) is 7.05. The van der Waals surface area contributed by atoms with Crippen LogP contribution in [0.3, 0.4) is 0 Å². The molecule has 21 heavy (non-hydrogen) atoms. The molecule has 0 unspecified atom stereocenters. The minimum absolute atomic E-state index is 0.312. The number of para-hydroxylation sites is 1. The van der Waals surface area contributed by atoms with Crippen LogP contribution in [0, 0.1) is 12.7 Å². The Bertz CT molecular complexity index is 614. The smallest absolute Gasteiger partial charge is 0.165 e. The third-order valence-corrected chi connectivity index (χ3v) is 3.14.